The quantitative estimate of drug-likeness (QED) is 0.417. The molecule has 0 saturated heterocycles. The van der Waals surface area contributed by atoms with Crippen molar-refractivity contribution in [2.24, 2.45) is 0 Å². The van der Waals surface area contributed by atoms with Gasteiger partial charge < -0.3 is 5.32 Å². The summed E-state index contributed by atoms with van der Waals surface area (Å²) in [6.45, 7) is 8.06. The summed E-state index contributed by atoms with van der Waals surface area (Å²) < 4.78 is 1.86. The van der Waals surface area contributed by atoms with Gasteiger partial charge in [-0.25, -0.2) is 4.98 Å². The minimum absolute atomic E-state index is 0.0473. The van der Waals surface area contributed by atoms with E-state index in [1.807, 2.05) is 44.4 Å². The number of nitrogens with zero attached hydrogens (tertiary/aromatic N) is 2. The number of benzene rings is 1. The summed E-state index contributed by atoms with van der Waals surface area (Å²) in [6, 6.07) is 6.16. The normalized spacial score (nSPS) is 14.5. The second kappa shape index (κ2) is 8.55. The van der Waals surface area contributed by atoms with E-state index in [0.717, 1.165) is 57.6 Å². The Morgan fingerprint density at radius 1 is 1.23 bits per heavy atom. The first-order valence-corrected chi connectivity index (χ1v) is 12.2. The van der Waals surface area contributed by atoms with Crippen LogP contribution in [0.5, 0.6) is 0 Å². The first kappa shape index (κ1) is 21.1. The molecule has 1 aromatic carbocycles. The van der Waals surface area contributed by atoms with Crippen molar-refractivity contribution in [1.82, 2.24) is 9.55 Å². The van der Waals surface area contributed by atoms with Gasteiger partial charge in [0.25, 0.3) is 5.56 Å². The van der Waals surface area contributed by atoms with E-state index in [2.05, 4.69) is 11.4 Å². The second-order valence-corrected chi connectivity index (χ2v) is 10.3. The van der Waals surface area contributed by atoms with E-state index in [-0.39, 0.29) is 23.3 Å². The lowest BCUT2D eigenvalue weighted by molar-refractivity contribution is -0.113. The van der Waals surface area contributed by atoms with Gasteiger partial charge in [0.1, 0.15) is 4.83 Å². The van der Waals surface area contributed by atoms with Crippen molar-refractivity contribution in [1.29, 1.82) is 0 Å². The average Bonchev–Trinajstić information content (AvgIpc) is 3.31. The molecule has 0 aliphatic heterocycles. The van der Waals surface area contributed by atoms with Crippen LogP contribution in [0, 0.1) is 27.7 Å². The summed E-state index contributed by atoms with van der Waals surface area (Å²) >= 11 is 2.92. The zero-order valence-corrected chi connectivity index (χ0v) is 19.5. The van der Waals surface area contributed by atoms with Crippen molar-refractivity contribution >= 4 is 44.9 Å². The SMILES string of the molecule is Cc1ccc(NC(=O)CSc2nc3sc(C)c(C)c3c(=O)n2C2CCCC2)c(C)c1. The van der Waals surface area contributed by atoms with Crippen LogP contribution in [0.1, 0.15) is 53.3 Å². The van der Waals surface area contributed by atoms with E-state index in [0.29, 0.717) is 5.16 Å². The monoisotopic (exact) mass is 441 g/mol. The van der Waals surface area contributed by atoms with Gasteiger partial charge in [0, 0.05) is 16.6 Å². The number of thioether (sulfide) groups is 1. The molecular formula is C23H27N3O2S2. The highest BCUT2D eigenvalue weighted by Crippen LogP contribution is 2.34. The Kier molecular flexibility index (Phi) is 6.02. The number of nitrogens with one attached hydrogen (secondary N) is 1. The molecule has 1 fully saturated rings. The number of hydrogen-bond acceptors (Lipinski definition) is 5. The molecule has 2 heterocycles. The predicted molar refractivity (Wildman–Crippen MR) is 126 cm³/mol. The first-order valence-electron chi connectivity index (χ1n) is 10.4. The Bertz CT molecular complexity index is 1170. The maximum atomic E-state index is 13.4. The summed E-state index contributed by atoms with van der Waals surface area (Å²) in [7, 11) is 0. The van der Waals surface area contributed by atoms with Gasteiger partial charge >= 0.3 is 0 Å². The Balaban J connectivity index is 1.62. The minimum atomic E-state index is -0.0854. The fourth-order valence-corrected chi connectivity index (χ4v) is 6.08. The highest BCUT2D eigenvalue weighted by atomic mass is 32.2. The summed E-state index contributed by atoms with van der Waals surface area (Å²) in [5.74, 6) is 0.138. The van der Waals surface area contributed by atoms with Crippen molar-refractivity contribution in [2.75, 3.05) is 11.1 Å². The largest absolute Gasteiger partial charge is 0.325 e. The third-order valence-corrected chi connectivity index (χ3v) is 7.93. The van der Waals surface area contributed by atoms with Crippen LogP contribution in [0.3, 0.4) is 0 Å². The molecule has 1 amide bonds. The van der Waals surface area contributed by atoms with Gasteiger partial charge in [-0.3, -0.25) is 14.2 Å². The van der Waals surface area contributed by atoms with Crippen LogP contribution in [0.15, 0.2) is 28.2 Å². The lowest BCUT2D eigenvalue weighted by Gasteiger charge is -2.18. The number of anilines is 1. The molecule has 4 rings (SSSR count). The van der Waals surface area contributed by atoms with Crippen molar-refractivity contribution in [3.05, 3.63) is 50.1 Å². The lowest BCUT2D eigenvalue weighted by atomic mass is 10.1. The zero-order chi connectivity index (χ0) is 21.4. The molecule has 2 aromatic heterocycles. The van der Waals surface area contributed by atoms with Crippen molar-refractivity contribution in [3.8, 4) is 0 Å². The molecule has 0 spiro atoms. The molecule has 3 aromatic rings. The third kappa shape index (κ3) is 4.05. The van der Waals surface area contributed by atoms with Gasteiger partial charge in [0.05, 0.1) is 11.1 Å². The number of carbonyl (C=O) groups is 1. The van der Waals surface area contributed by atoms with Crippen LogP contribution in [-0.4, -0.2) is 21.2 Å². The van der Waals surface area contributed by atoms with E-state index in [1.165, 1.54) is 17.3 Å². The molecule has 1 saturated carbocycles. The predicted octanol–water partition coefficient (Wildman–Crippen LogP) is 5.54. The number of carbonyl (C=O) groups excluding carboxylic acids is 1. The molecule has 30 heavy (non-hydrogen) atoms. The van der Waals surface area contributed by atoms with Crippen molar-refractivity contribution in [3.63, 3.8) is 0 Å². The number of hydrogen-bond donors (Lipinski definition) is 1. The van der Waals surface area contributed by atoms with E-state index in [9.17, 15) is 9.59 Å². The number of amides is 1. The lowest BCUT2D eigenvalue weighted by Crippen LogP contribution is -2.27. The van der Waals surface area contributed by atoms with E-state index in [1.54, 1.807) is 11.3 Å². The smallest absolute Gasteiger partial charge is 0.263 e. The van der Waals surface area contributed by atoms with E-state index >= 15 is 0 Å². The number of aromatic nitrogens is 2. The molecule has 0 atom stereocenters. The summed E-state index contributed by atoms with van der Waals surface area (Å²) in [6.07, 6.45) is 4.26. The number of aryl methyl sites for hydroxylation is 4. The minimum Gasteiger partial charge on any atom is -0.325 e. The molecule has 0 radical (unpaired) electrons. The molecule has 158 valence electrons. The van der Waals surface area contributed by atoms with E-state index < -0.39 is 0 Å². The topological polar surface area (TPSA) is 64.0 Å². The number of thiophene rings is 1. The average molecular weight is 442 g/mol. The number of rotatable bonds is 5. The molecular weight excluding hydrogens is 414 g/mol. The van der Waals surface area contributed by atoms with Crippen LogP contribution >= 0.6 is 23.1 Å². The fourth-order valence-electron chi connectivity index (χ4n) is 4.14. The number of fused-ring (bicyclic) bond motifs is 1. The summed E-state index contributed by atoms with van der Waals surface area (Å²) in [5, 5.41) is 4.40. The zero-order valence-electron chi connectivity index (χ0n) is 17.9. The Hall–Kier alpha value is -2.12. The standard InChI is InChI=1S/C23H27N3O2S2/c1-13-9-10-18(14(2)11-13)24-19(27)12-29-23-25-21-20(15(3)16(4)30-21)22(28)26(23)17-7-5-6-8-17/h9-11,17H,5-8,12H2,1-4H3,(H,24,27). The van der Waals surface area contributed by atoms with Crippen LogP contribution in [0.2, 0.25) is 0 Å². The highest BCUT2D eigenvalue weighted by Gasteiger charge is 2.25. The van der Waals surface area contributed by atoms with Gasteiger partial charge in [0.15, 0.2) is 5.16 Å². The second-order valence-electron chi connectivity index (χ2n) is 8.13. The molecule has 1 aliphatic carbocycles. The van der Waals surface area contributed by atoms with Crippen molar-refractivity contribution in [2.45, 2.75) is 64.6 Å². The van der Waals surface area contributed by atoms with Crippen LogP contribution in [-0.2, 0) is 4.79 Å². The molecule has 1 N–H and O–H groups in total. The molecule has 1 aliphatic rings. The maximum absolute atomic E-state index is 13.4. The molecule has 5 nitrogen and oxygen atoms in total. The van der Waals surface area contributed by atoms with Crippen LogP contribution in [0.25, 0.3) is 10.2 Å². The van der Waals surface area contributed by atoms with Gasteiger partial charge in [0.2, 0.25) is 5.91 Å². The summed E-state index contributed by atoms with van der Waals surface area (Å²) in [4.78, 5) is 32.8. The summed E-state index contributed by atoms with van der Waals surface area (Å²) in [5.41, 5.74) is 4.11. The van der Waals surface area contributed by atoms with E-state index in [4.69, 9.17) is 4.98 Å². The van der Waals surface area contributed by atoms with Crippen molar-refractivity contribution < 1.29 is 4.79 Å². The van der Waals surface area contributed by atoms with Gasteiger partial charge in [-0.2, -0.15) is 0 Å². The van der Waals surface area contributed by atoms with Gasteiger partial charge in [-0.05, 0) is 57.7 Å². The van der Waals surface area contributed by atoms with Gasteiger partial charge in [-0.1, -0.05) is 42.3 Å². The molecule has 0 unspecified atom stereocenters. The third-order valence-electron chi connectivity index (χ3n) is 5.88. The Labute approximate surface area is 184 Å². The molecule has 0 bridgehead atoms. The Morgan fingerprint density at radius 3 is 2.67 bits per heavy atom. The molecule has 7 heteroatoms. The first-order chi connectivity index (χ1) is 14.3. The highest BCUT2D eigenvalue weighted by molar-refractivity contribution is 7.99. The van der Waals surface area contributed by atoms with Crippen LogP contribution < -0.4 is 10.9 Å². The fraction of sp³-hybridized carbons (Fsp3) is 0.435. The Morgan fingerprint density at radius 2 is 1.97 bits per heavy atom. The van der Waals surface area contributed by atoms with Gasteiger partial charge in [-0.15, -0.1) is 11.3 Å². The van der Waals surface area contributed by atoms with Crippen LogP contribution in [0.4, 0.5) is 5.69 Å². The maximum Gasteiger partial charge on any atom is 0.263 e.